The Bertz CT molecular complexity index is 755. The number of carbonyl (C=O) groups is 3. The van der Waals surface area contributed by atoms with Crippen LogP contribution in [0.25, 0.3) is 0 Å². The van der Waals surface area contributed by atoms with Crippen LogP contribution in [0.3, 0.4) is 0 Å². The quantitative estimate of drug-likeness (QED) is 0.782. The third-order valence-electron chi connectivity index (χ3n) is 6.38. The van der Waals surface area contributed by atoms with Crippen LogP contribution >= 0.6 is 0 Å². The first-order valence-electron chi connectivity index (χ1n) is 10.6. The van der Waals surface area contributed by atoms with Gasteiger partial charge in [-0.25, -0.2) is 0 Å². The maximum atomic E-state index is 12.8. The van der Waals surface area contributed by atoms with Gasteiger partial charge in [0.2, 0.25) is 11.8 Å². The molecule has 6 heteroatoms. The van der Waals surface area contributed by atoms with Gasteiger partial charge in [-0.15, -0.1) is 0 Å². The molecule has 4 rings (SSSR count). The van der Waals surface area contributed by atoms with Crippen molar-refractivity contribution in [1.82, 2.24) is 14.7 Å². The normalized spacial score (nSPS) is 20.6. The zero-order valence-corrected chi connectivity index (χ0v) is 16.4. The molecule has 3 aliphatic heterocycles. The zero-order valence-electron chi connectivity index (χ0n) is 16.4. The Morgan fingerprint density at radius 1 is 1.00 bits per heavy atom. The third kappa shape index (κ3) is 3.91. The van der Waals surface area contributed by atoms with Crippen LogP contribution in [0.4, 0.5) is 0 Å². The van der Waals surface area contributed by atoms with E-state index in [1.165, 1.54) is 0 Å². The SMILES string of the molecule is O=C1CCCN1CCCC(=O)N1CCC(N2CCc3ccccc3C2=O)CC1. The topological polar surface area (TPSA) is 60.9 Å². The number of piperidine rings is 1. The van der Waals surface area contributed by atoms with Crippen LogP contribution in [0, 0.1) is 0 Å². The molecular weight excluding hydrogens is 354 g/mol. The Kier molecular flexibility index (Phi) is 5.64. The fraction of sp³-hybridized carbons (Fsp3) is 0.591. The number of fused-ring (bicyclic) bond motifs is 1. The number of hydrogen-bond acceptors (Lipinski definition) is 3. The predicted octanol–water partition coefficient (Wildman–Crippen LogP) is 2.08. The number of rotatable bonds is 5. The fourth-order valence-electron chi connectivity index (χ4n) is 4.74. The van der Waals surface area contributed by atoms with Crippen LogP contribution in [0.5, 0.6) is 0 Å². The van der Waals surface area contributed by atoms with Gasteiger partial charge in [-0.3, -0.25) is 14.4 Å². The maximum absolute atomic E-state index is 12.8. The van der Waals surface area contributed by atoms with Gasteiger partial charge in [-0.05, 0) is 43.7 Å². The lowest BCUT2D eigenvalue weighted by Crippen LogP contribution is -2.50. The lowest BCUT2D eigenvalue weighted by atomic mass is 9.94. The molecule has 2 fully saturated rings. The van der Waals surface area contributed by atoms with Crippen molar-refractivity contribution < 1.29 is 14.4 Å². The number of benzene rings is 1. The van der Waals surface area contributed by atoms with Crippen molar-refractivity contribution in [3.63, 3.8) is 0 Å². The number of carbonyl (C=O) groups excluding carboxylic acids is 3. The fourth-order valence-corrected chi connectivity index (χ4v) is 4.74. The van der Waals surface area contributed by atoms with Crippen molar-refractivity contribution >= 4 is 17.7 Å². The van der Waals surface area contributed by atoms with Gasteiger partial charge in [-0.1, -0.05) is 18.2 Å². The van der Waals surface area contributed by atoms with Crippen LogP contribution in [-0.4, -0.2) is 71.2 Å². The van der Waals surface area contributed by atoms with Gasteiger partial charge in [0.15, 0.2) is 0 Å². The molecule has 3 aliphatic rings. The molecule has 28 heavy (non-hydrogen) atoms. The summed E-state index contributed by atoms with van der Waals surface area (Å²) in [6, 6.07) is 8.12. The summed E-state index contributed by atoms with van der Waals surface area (Å²) in [6.45, 7) is 3.75. The molecule has 0 unspecified atom stereocenters. The highest BCUT2D eigenvalue weighted by Crippen LogP contribution is 2.25. The first-order chi connectivity index (χ1) is 13.6. The van der Waals surface area contributed by atoms with E-state index in [4.69, 9.17) is 0 Å². The molecule has 0 aliphatic carbocycles. The smallest absolute Gasteiger partial charge is 0.254 e. The maximum Gasteiger partial charge on any atom is 0.254 e. The summed E-state index contributed by atoms with van der Waals surface area (Å²) in [5.74, 6) is 0.545. The van der Waals surface area contributed by atoms with Crippen LogP contribution in [-0.2, 0) is 16.0 Å². The Labute approximate surface area is 166 Å². The third-order valence-corrected chi connectivity index (χ3v) is 6.38. The first-order valence-corrected chi connectivity index (χ1v) is 10.6. The van der Waals surface area contributed by atoms with E-state index in [1.807, 2.05) is 39.0 Å². The van der Waals surface area contributed by atoms with E-state index < -0.39 is 0 Å². The molecule has 3 amide bonds. The minimum absolute atomic E-state index is 0.141. The van der Waals surface area contributed by atoms with Crippen molar-refractivity contribution in [2.45, 2.75) is 51.0 Å². The molecule has 2 saturated heterocycles. The number of nitrogens with zero attached hydrogens (tertiary/aromatic N) is 3. The van der Waals surface area contributed by atoms with Gasteiger partial charge in [0.25, 0.3) is 5.91 Å². The predicted molar refractivity (Wildman–Crippen MR) is 106 cm³/mol. The Morgan fingerprint density at radius 3 is 2.54 bits per heavy atom. The molecule has 0 bridgehead atoms. The van der Waals surface area contributed by atoms with Crippen molar-refractivity contribution in [1.29, 1.82) is 0 Å². The number of hydrogen-bond donors (Lipinski definition) is 0. The Balaban J connectivity index is 1.24. The van der Waals surface area contributed by atoms with E-state index >= 15 is 0 Å². The second kappa shape index (κ2) is 8.33. The van der Waals surface area contributed by atoms with Crippen molar-refractivity contribution in [2.75, 3.05) is 32.7 Å². The molecule has 1 aromatic rings. The summed E-state index contributed by atoms with van der Waals surface area (Å²) in [6.07, 6.45) is 5.46. The summed E-state index contributed by atoms with van der Waals surface area (Å²) in [4.78, 5) is 42.8. The van der Waals surface area contributed by atoms with Gasteiger partial charge in [-0.2, -0.15) is 0 Å². The van der Waals surface area contributed by atoms with E-state index in [9.17, 15) is 14.4 Å². The molecule has 6 nitrogen and oxygen atoms in total. The van der Waals surface area contributed by atoms with E-state index in [2.05, 4.69) is 0 Å². The van der Waals surface area contributed by atoms with E-state index in [0.29, 0.717) is 19.4 Å². The average Bonchev–Trinajstić information content (AvgIpc) is 3.13. The minimum Gasteiger partial charge on any atom is -0.343 e. The summed E-state index contributed by atoms with van der Waals surface area (Å²) in [5.41, 5.74) is 1.98. The van der Waals surface area contributed by atoms with Crippen molar-refractivity contribution in [2.24, 2.45) is 0 Å². The average molecular weight is 383 g/mol. The lowest BCUT2D eigenvalue weighted by Gasteiger charge is -2.40. The summed E-state index contributed by atoms with van der Waals surface area (Å²) < 4.78 is 0. The van der Waals surface area contributed by atoms with Crippen LogP contribution in [0.1, 0.15) is 54.4 Å². The van der Waals surface area contributed by atoms with Gasteiger partial charge in [0.05, 0.1) is 0 Å². The molecule has 0 radical (unpaired) electrons. The van der Waals surface area contributed by atoms with Crippen molar-refractivity contribution in [3.8, 4) is 0 Å². The van der Waals surface area contributed by atoms with Crippen LogP contribution in [0.15, 0.2) is 24.3 Å². The summed E-state index contributed by atoms with van der Waals surface area (Å²) >= 11 is 0. The minimum atomic E-state index is 0.141. The lowest BCUT2D eigenvalue weighted by molar-refractivity contribution is -0.133. The number of amides is 3. The standard InChI is InChI=1S/C22H29N3O3/c26-20-7-3-12-23(20)13-4-8-21(27)24-14-10-18(11-15-24)25-16-9-17-5-1-2-6-19(17)22(25)28/h1-2,5-6,18H,3-4,7-16H2. The molecule has 0 aromatic heterocycles. The van der Waals surface area contributed by atoms with E-state index in [0.717, 1.165) is 69.4 Å². The van der Waals surface area contributed by atoms with E-state index in [-0.39, 0.29) is 23.8 Å². The molecule has 0 saturated carbocycles. The highest BCUT2D eigenvalue weighted by molar-refractivity contribution is 5.97. The summed E-state index contributed by atoms with van der Waals surface area (Å²) in [5, 5.41) is 0. The van der Waals surface area contributed by atoms with E-state index in [1.54, 1.807) is 0 Å². The van der Waals surface area contributed by atoms with Gasteiger partial charge < -0.3 is 14.7 Å². The molecule has 0 N–H and O–H groups in total. The van der Waals surface area contributed by atoms with Crippen LogP contribution < -0.4 is 0 Å². The monoisotopic (exact) mass is 383 g/mol. The molecular formula is C22H29N3O3. The molecule has 3 heterocycles. The summed E-state index contributed by atoms with van der Waals surface area (Å²) in [7, 11) is 0. The molecule has 150 valence electrons. The highest BCUT2D eigenvalue weighted by Gasteiger charge is 2.33. The number of likely N-dealkylation sites (tertiary alicyclic amines) is 2. The second-order valence-corrected chi connectivity index (χ2v) is 8.11. The van der Waals surface area contributed by atoms with Crippen molar-refractivity contribution in [3.05, 3.63) is 35.4 Å². The largest absolute Gasteiger partial charge is 0.343 e. The molecule has 0 atom stereocenters. The van der Waals surface area contributed by atoms with Crippen LogP contribution in [0.2, 0.25) is 0 Å². The second-order valence-electron chi connectivity index (χ2n) is 8.11. The Morgan fingerprint density at radius 2 is 1.79 bits per heavy atom. The molecule has 1 aromatic carbocycles. The van der Waals surface area contributed by atoms with Gasteiger partial charge in [0, 0.05) is 57.2 Å². The van der Waals surface area contributed by atoms with Gasteiger partial charge >= 0.3 is 0 Å². The highest BCUT2D eigenvalue weighted by atomic mass is 16.2. The first kappa shape index (κ1) is 19.0. The Hall–Kier alpha value is -2.37. The van der Waals surface area contributed by atoms with Gasteiger partial charge in [0.1, 0.15) is 0 Å². The molecule has 0 spiro atoms. The zero-order chi connectivity index (χ0) is 19.5.